The van der Waals surface area contributed by atoms with Gasteiger partial charge in [-0.2, -0.15) is 0 Å². The maximum absolute atomic E-state index is 12.7. The predicted octanol–water partition coefficient (Wildman–Crippen LogP) is 1.19. The van der Waals surface area contributed by atoms with Crippen LogP contribution in [0.25, 0.3) is 0 Å². The average molecular weight is 307 g/mol. The quantitative estimate of drug-likeness (QED) is 0.566. The molecule has 0 fully saturated rings. The van der Waals surface area contributed by atoms with E-state index in [0.29, 0.717) is 11.7 Å². The lowest BCUT2D eigenvalue weighted by Crippen LogP contribution is -2.24. The van der Waals surface area contributed by atoms with Gasteiger partial charge in [0.05, 0.1) is 5.75 Å². The van der Waals surface area contributed by atoms with Crippen LogP contribution in [0.15, 0.2) is 35.5 Å². The second kappa shape index (κ2) is 6.89. The summed E-state index contributed by atoms with van der Waals surface area (Å²) in [6, 6.07) is 7.37. The Morgan fingerprint density at radius 3 is 2.43 bits per heavy atom. The predicted molar refractivity (Wildman–Crippen MR) is 79.8 cm³/mol. The lowest BCUT2D eigenvalue weighted by Gasteiger charge is -2.05. The van der Waals surface area contributed by atoms with Gasteiger partial charge in [0.2, 0.25) is 5.91 Å². The second-order valence-corrected chi connectivity index (χ2v) is 5.13. The molecule has 0 aliphatic rings. The summed E-state index contributed by atoms with van der Waals surface area (Å²) in [6.07, 6.45) is 0. The largest absolute Gasteiger partial charge is 0.383 e. The number of hydrogen-bond acceptors (Lipinski definition) is 6. The Bertz CT molecular complexity index is 615. The molecule has 0 radical (unpaired) electrons. The number of carbonyl (C=O) groups is 1. The van der Waals surface area contributed by atoms with Gasteiger partial charge in [-0.1, -0.05) is 23.9 Å². The molecule has 21 heavy (non-hydrogen) atoms. The van der Waals surface area contributed by atoms with Gasteiger partial charge in [-0.25, -0.2) is 14.4 Å². The van der Waals surface area contributed by atoms with Crippen LogP contribution in [-0.2, 0) is 11.3 Å². The monoisotopic (exact) mass is 307 g/mol. The summed E-state index contributed by atoms with van der Waals surface area (Å²) in [5.41, 5.74) is 11.9. The molecule has 0 bridgehead atoms. The highest BCUT2D eigenvalue weighted by Crippen LogP contribution is 2.15. The number of rotatable bonds is 5. The van der Waals surface area contributed by atoms with E-state index >= 15 is 0 Å². The van der Waals surface area contributed by atoms with E-state index in [1.807, 2.05) is 0 Å². The number of aromatic nitrogens is 2. The van der Waals surface area contributed by atoms with Crippen LogP contribution in [0.1, 0.15) is 5.56 Å². The van der Waals surface area contributed by atoms with Crippen molar-refractivity contribution in [3.63, 3.8) is 0 Å². The Morgan fingerprint density at radius 1 is 1.19 bits per heavy atom. The first-order valence-electron chi connectivity index (χ1n) is 6.07. The fraction of sp³-hybridized carbons (Fsp3) is 0.154. The molecule has 5 N–H and O–H groups in total. The molecule has 0 unspecified atom stereocenters. The minimum atomic E-state index is -0.308. The molecule has 8 heteroatoms. The molecule has 0 atom stereocenters. The summed E-state index contributed by atoms with van der Waals surface area (Å²) in [4.78, 5) is 19.6. The minimum Gasteiger partial charge on any atom is -0.383 e. The van der Waals surface area contributed by atoms with Crippen LogP contribution in [0.4, 0.5) is 16.0 Å². The van der Waals surface area contributed by atoms with Gasteiger partial charge in [-0.15, -0.1) is 0 Å². The van der Waals surface area contributed by atoms with E-state index in [0.717, 1.165) is 17.3 Å². The van der Waals surface area contributed by atoms with Gasteiger partial charge in [-0.05, 0) is 17.7 Å². The number of nitrogens with one attached hydrogen (secondary N) is 1. The average Bonchev–Trinajstić information content (AvgIpc) is 2.43. The van der Waals surface area contributed by atoms with Crippen molar-refractivity contribution in [3.05, 3.63) is 41.7 Å². The van der Waals surface area contributed by atoms with Crippen molar-refractivity contribution in [2.45, 2.75) is 11.7 Å². The SMILES string of the molecule is Nc1cc(N)nc(SCC(=O)NCc2ccc(F)cc2)n1. The number of amides is 1. The third-order valence-electron chi connectivity index (χ3n) is 2.48. The number of halogens is 1. The lowest BCUT2D eigenvalue weighted by molar-refractivity contribution is -0.118. The molecule has 6 nitrogen and oxygen atoms in total. The molecule has 1 aromatic heterocycles. The van der Waals surface area contributed by atoms with Gasteiger partial charge in [0.25, 0.3) is 0 Å². The number of benzene rings is 1. The van der Waals surface area contributed by atoms with Gasteiger partial charge in [0.15, 0.2) is 5.16 Å². The van der Waals surface area contributed by atoms with Crippen molar-refractivity contribution >= 4 is 29.3 Å². The molecule has 0 aliphatic carbocycles. The Morgan fingerprint density at radius 2 is 1.81 bits per heavy atom. The highest BCUT2D eigenvalue weighted by atomic mass is 32.2. The highest BCUT2D eigenvalue weighted by Gasteiger charge is 2.06. The first-order chi connectivity index (χ1) is 10.0. The van der Waals surface area contributed by atoms with Crippen molar-refractivity contribution in [3.8, 4) is 0 Å². The van der Waals surface area contributed by atoms with E-state index in [4.69, 9.17) is 11.5 Å². The Balaban J connectivity index is 1.80. The minimum absolute atomic E-state index is 0.143. The maximum atomic E-state index is 12.7. The van der Waals surface area contributed by atoms with Crippen LogP contribution in [0, 0.1) is 5.82 Å². The Kier molecular flexibility index (Phi) is 4.94. The van der Waals surface area contributed by atoms with E-state index in [9.17, 15) is 9.18 Å². The molecule has 2 aromatic rings. The molecule has 0 saturated carbocycles. The van der Waals surface area contributed by atoms with Crippen LogP contribution in [0.5, 0.6) is 0 Å². The molecular formula is C13H14FN5OS. The van der Waals surface area contributed by atoms with Crippen LogP contribution in [0.2, 0.25) is 0 Å². The zero-order valence-electron chi connectivity index (χ0n) is 11.0. The molecule has 0 saturated heterocycles. The molecular weight excluding hydrogens is 293 g/mol. The molecule has 110 valence electrons. The van der Waals surface area contributed by atoms with Gasteiger partial charge < -0.3 is 16.8 Å². The smallest absolute Gasteiger partial charge is 0.230 e. The summed E-state index contributed by atoms with van der Waals surface area (Å²) in [5.74, 6) is 0.170. The van der Waals surface area contributed by atoms with Crippen molar-refractivity contribution in [1.29, 1.82) is 0 Å². The molecule has 0 spiro atoms. The van der Waals surface area contributed by atoms with Gasteiger partial charge in [0.1, 0.15) is 17.5 Å². The summed E-state index contributed by atoms with van der Waals surface area (Å²) in [7, 11) is 0. The standard InChI is InChI=1S/C13H14FN5OS/c14-9-3-1-8(2-4-9)6-17-12(20)7-21-13-18-10(15)5-11(16)19-13/h1-5H,6-7H2,(H,17,20)(H4,15,16,18,19). The summed E-state index contributed by atoms with van der Waals surface area (Å²) >= 11 is 1.14. The summed E-state index contributed by atoms with van der Waals surface area (Å²) in [5, 5.41) is 3.07. The lowest BCUT2D eigenvalue weighted by atomic mass is 10.2. The van der Waals surface area contributed by atoms with Crippen LogP contribution in [0.3, 0.4) is 0 Å². The maximum Gasteiger partial charge on any atom is 0.230 e. The topological polar surface area (TPSA) is 107 Å². The summed E-state index contributed by atoms with van der Waals surface area (Å²) < 4.78 is 12.7. The van der Waals surface area contributed by atoms with E-state index in [1.54, 1.807) is 12.1 Å². The molecule has 1 heterocycles. The normalized spacial score (nSPS) is 10.3. The van der Waals surface area contributed by atoms with Crippen molar-refractivity contribution < 1.29 is 9.18 Å². The second-order valence-electron chi connectivity index (χ2n) is 4.19. The Labute approximate surface area is 125 Å². The van der Waals surface area contributed by atoms with E-state index in [-0.39, 0.29) is 29.1 Å². The van der Waals surface area contributed by atoms with Crippen LogP contribution < -0.4 is 16.8 Å². The fourth-order valence-electron chi connectivity index (χ4n) is 1.51. The fourth-order valence-corrected chi connectivity index (χ4v) is 2.21. The van der Waals surface area contributed by atoms with Crippen molar-refractivity contribution in [2.24, 2.45) is 0 Å². The van der Waals surface area contributed by atoms with Crippen molar-refractivity contribution in [2.75, 3.05) is 17.2 Å². The van der Waals surface area contributed by atoms with Crippen LogP contribution >= 0.6 is 11.8 Å². The van der Waals surface area contributed by atoms with Gasteiger partial charge >= 0.3 is 0 Å². The number of thioether (sulfide) groups is 1. The van der Waals surface area contributed by atoms with Gasteiger partial charge in [-0.3, -0.25) is 4.79 Å². The first kappa shape index (κ1) is 15.0. The Hall–Kier alpha value is -2.35. The van der Waals surface area contributed by atoms with E-state index in [1.165, 1.54) is 18.2 Å². The number of hydrogen-bond donors (Lipinski definition) is 3. The number of carbonyl (C=O) groups excluding carboxylic acids is 1. The highest BCUT2D eigenvalue weighted by molar-refractivity contribution is 7.99. The number of nitrogen functional groups attached to an aromatic ring is 2. The molecule has 2 rings (SSSR count). The third-order valence-corrected chi connectivity index (χ3v) is 3.33. The number of nitrogens with zero attached hydrogens (tertiary/aromatic N) is 2. The summed E-state index contributed by atoms with van der Waals surface area (Å²) in [6.45, 7) is 0.333. The molecule has 1 amide bonds. The van der Waals surface area contributed by atoms with E-state index < -0.39 is 0 Å². The zero-order valence-corrected chi connectivity index (χ0v) is 11.9. The van der Waals surface area contributed by atoms with Gasteiger partial charge in [0, 0.05) is 12.6 Å². The number of anilines is 2. The van der Waals surface area contributed by atoms with Crippen LogP contribution in [-0.4, -0.2) is 21.6 Å². The molecule has 0 aliphatic heterocycles. The zero-order chi connectivity index (χ0) is 15.2. The van der Waals surface area contributed by atoms with E-state index in [2.05, 4.69) is 15.3 Å². The third kappa shape index (κ3) is 4.92. The first-order valence-corrected chi connectivity index (χ1v) is 7.05. The molecule has 1 aromatic carbocycles. The number of nitrogens with two attached hydrogens (primary N) is 2. The van der Waals surface area contributed by atoms with Crippen molar-refractivity contribution in [1.82, 2.24) is 15.3 Å².